The number of carbonyl (C=O) groups is 2. The summed E-state index contributed by atoms with van der Waals surface area (Å²) in [4.78, 5) is 39.6. The van der Waals surface area contributed by atoms with Crippen molar-refractivity contribution >= 4 is 11.8 Å². The van der Waals surface area contributed by atoms with Gasteiger partial charge in [0.15, 0.2) is 11.4 Å². The number of aliphatic hydroxyl groups is 1. The molecule has 1 aromatic heterocycles. The van der Waals surface area contributed by atoms with Crippen molar-refractivity contribution in [2.24, 2.45) is 0 Å². The minimum atomic E-state index is -1.04. The van der Waals surface area contributed by atoms with E-state index < -0.39 is 52.3 Å². The van der Waals surface area contributed by atoms with Crippen LogP contribution in [0.5, 0.6) is 5.75 Å². The molecule has 164 valence electrons. The van der Waals surface area contributed by atoms with Crippen LogP contribution in [-0.4, -0.2) is 50.2 Å². The summed E-state index contributed by atoms with van der Waals surface area (Å²) >= 11 is 0. The van der Waals surface area contributed by atoms with Crippen LogP contribution in [0.3, 0.4) is 0 Å². The number of amides is 2. The van der Waals surface area contributed by atoms with Gasteiger partial charge in [0.25, 0.3) is 11.8 Å². The first-order valence-electron chi connectivity index (χ1n) is 9.88. The van der Waals surface area contributed by atoms with Gasteiger partial charge in [-0.15, -0.1) is 0 Å². The fourth-order valence-corrected chi connectivity index (χ4v) is 4.15. The Morgan fingerprint density at radius 2 is 2.00 bits per heavy atom. The highest BCUT2D eigenvalue weighted by Gasteiger charge is 2.42. The van der Waals surface area contributed by atoms with E-state index in [4.69, 9.17) is 0 Å². The Labute approximate surface area is 175 Å². The summed E-state index contributed by atoms with van der Waals surface area (Å²) in [5.41, 5.74) is -1.75. The van der Waals surface area contributed by atoms with Crippen molar-refractivity contribution in [1.29, 1.82) is 0 Å². The molecule has 0 unspecified atom stereocenters. The lowest BCUT2D eigenvalue weighted by atomic mass is 10.0. The summed E-state index contributed by atoms with van der Waals surface area (Å²) in [7, 11) is 0. The molecule has 31 heavy (non-hydrogen) atoms. The van der Waals surface area contributed by atoms with E-state index >= 15 is 0 Å². The highest BCUT2D eigenvalue weighted by Crippen LogP contribution is 2.34. The number of hydrogen-bond acceptors (Lipinski definition) is 5. The largest absolute Gasteiger partial charge is 0.503 e. The van der Waals surface area contributed by atoms with Crippen LogP contribution < -0.4 is 10.7 Å². The Kier molecular flexibility index (Phi) is 5.26. The number of aromatic nitrogens is 1. The highest BCUT2D eigenvalue weighted by molar-refractivity contribution is 5.99. The maximum Gasteiger partial charge on any atom is 0.274 e. The number of aromatic hydroxyl groups is 1. The van der Waals surface area contributed by atoms with Crippen LogP contribution >= 0.6 is 0 Å². The Morgan fingerprint density at radius 3 is 2.71 bits per heavy atom. The second-order valence-electron chi connectivity index (χ2n) is 7.91. The molecule has 0 aliphatic carbocycles. The molecule has 0 radical (unpaired) electrons. The summed E-state index contributed by atoms with van der Waals surface area (Å²) in [6, 6.07) is 2.07. The van der Waals surface area contributed by atoms with Crippen molar-refractivity contribution in [2.45, 2.75) is 44.5 Å². The van der Waals surface area contributed by atoms with Gasteiger partial charge in [0.05, 0.1) is 12.1 Å². The van der Waals surface area contributed by atoms with Crippen molar-refractivity contribution in [3.8, 4) is 5.75 Å². The van der Waals surface area contributed by atoms with Gasteiger partial charge in [-0.2, -0.15) is 0 Å². The lowest BCUT2D eigenvalue weighted by Crippen LogP contribution is -2.49. The van der Waals surface area contributed by atoms with E-state index in [9.17, 15) is 33.4 Å². The third-order valence-electron chi connectivity index (χ3n) is 5.97. The van der Waals surface area contributed by atoms with Crippen LogP contribution in [0.1, 0.15) is 52.2 Å². The van der Waals surface area contributed by atoms with Crippen molar-refractivity contribution < 1.29 is 28.6 Å². The van der Waals surface area contributed by atoms with Crippen LogP contribution in [0.2, 0.25) is 0 Å². The smallest absolute Gasteiger partial charge is 0.274 e. The van der Waals surface area contributed by atoms with Gasteiger partial charge in [-0.25, -0.2) is 8.78 Å². The number of fused-ring (bicyclic) bond motifs is 4. The van der Waals surface area contributed by atoms with E-state index in [0.29, 0.717) is 18.9 Å². The molecule has 10 heteroatoms. The van der Waals surface area contributed by atoms with Gasteiger partial charge >= 0.3 is 0 Å². The van der Waals surface area contributed by atoms with Gasteiger partial charge in [0.1, 0.15) is 17.2 Å². The SMILES string of the molecule is C[C@H]1CC[C@H](O)[C@H]2CN1C(=O)c1c(O)c(=O)c(C(=O)NCc3ccc(F)cc3F)cn12. The van der Waals surface area contributed by atoms with Crippen LogP contribution in [-0.2, 0) is 6.54 Å². The Morgan fingerprint density at radius 1 is 1.26 bits per heavy atom. The molecule has 3 heterocycles. The van der Waals surface area contributed by atoms with E-state index in [0.717, 1.165) is 12.3 Å². The fraction of sp³-hybridized carbons (Fsp3) is 0.381. The van der Waals surface area contributed by atoms with Gasteiger partial charge < -0.3 is 25.0 Å². The van der Waals surface area contributed by atoms with Gasteiger partial charge in [-0.3, -0.25) is 14.4 Å². The second kappa shape index (κ2) is 7.77. The summed E-state index contributed by atoms with van der Waals surface area (Å²) in [5, 5.41) is 23.4. The summed E-state index contributed by atoms with van der Waals surface area (Å²) < 4.78 is 28.1. The molecule has 1 aromatic carbocycles. The lowest BCUT2D eigenvalue weighted by Gasteiger charge is -2.38. The molecule has 2 bridgehead atoms. The molecule has 4 rings (SSSR count). The number of halogens is 2. The molecular weight excluding hydrogens is 412 g/mol. The van der Waals surface area contributed by atoms with E-state index in [1.54, 1.807) is 0 Å². The van der Waals surface area contributed by atoms with Gasteiger partial charge in [0.2, 0.25) is 5.43 Å². The third-order valence-corrected chi connectivity index (χ3v) is 5.97. The summed E-state index contributed by atoms with van der Waals surface area (Å²) in [5.74, 6) is -3.94. The molecule has 0 spiro atoms. The normalized spacial score (nSPS) is 22.6. The van der Waals surface area contributed by atoms with Crippen LogP contribution in [0.4, 0.5) is 8.78 Å². The van der Waals surface area contributed by atoms with Crippen molar-refractivity contribution in [3.05, 3.63) is 63.1 Å². The molecule has 3 atom stereocenters. The van der Waals surface area contributed by atoms with E-state index in [-0.39, 0.29) is 30.4 Å². The number of nitrogens with one attached hydrogen (secondary N) is 1. The number of carbonyl (C=O) groups excluding carboxylic acids is 2. The van der Waals surface area contributed by atoms with Gasteiger partial charge in [-0.05, 0) is 25.8 Å². The molecule has 3 N–H and O–H groups in total. The number of benzene rings is 1. The average Bonchev–Trinajstić information content (AvgIpc) is 2.85. The monoisotopic (exact) mass is 433 g/mol. The zero-order valence-corrected chi connectivity index (χ0v) is 16.6. The van der Waals surface area contributed by atoms with Crippen LogP contribution in [0.25, 0.3) is 0 Å². The van der Waals surface area contributed by atoms with Crippen molar-refractivity contribution in [2.75, 3.05) is 6.54 Å². The van der Waals surface area contributed by atoms with Crippen LogP contribution in [0.15, 0.2) is 29.2 Å². The number of nitrogens with zero attached hydrogens (tertiary/aromatic N) is 2. The molecule has 2 amide bonds. The standard InChI is InChI=1S/C21H21F2N3O5/c1-10-2-5-16(27)15-9-25(10)21(31)17-19(29)18(28)13(8-26(15)17)20(30)24-7-11-3-4-12(22)6-14(11)23/h3-4,6,8,10,15-16,27,29H,2,5,7,9H2,1H3,(H,24,30)/t10-,15+,16-/m0/s1. The molecular formula is C21H21F2N3O5. The number of rotatable bonds is 3. The van der Waals surface area contributed by atoms with Gasteiger partial charge in [-0.1, -0.05) is 6.07 Å². The average molecular weight is 433 g/mol. The summed E-state index contributed by atoms with van der Waals surface area (Å²) in [6.45, 7) is 1.69. The molecule has 1 saturated heterocycles. The minimum absolute atomic E-state index is 0.0102. The van der Waals surface area contributed by atoms with E-state index in [1.165, 1.54) is 15.5 Å². The van der Waals surface area contributed by atoms with E-state index in [1.807, 2.05) is 6.92 Å². The fourth-order valence-electron chi connectivity index (χ4n) is 4.15. The highest BCUT2D eigenvalue weighted by atomic mass is 19.1. The zero-order chi connectivity index (χ0) is 22.4. The second-order valence-corrected chi connectivity index (χ2v) is 7.91. The van der Waals surface area contributed by atoms with Crippen molar-refractivity contribution in [3.63, 3.8) is 0 Å². The Bertz CT molecular complexity index is 1130. The van der Waals surface area contributed by atoms with Gasteiger partial charge in [0, 0.05) is 37.0 Å². The maximum absolute atomic E-state index is 13.8. The number of aliphatic hydroxyl groups excluding tert-OH is 1. The Hall–Kier alpha value is -3.27. The minimum Gasteiger partial charge on any atom is -0.503 e. The Balaban J connectivity index is 1.69. The molecule has 1 fully saturated rings. The first-order chi connectivity index (χ1) is 14.7. The molecule has 0 saturated carbocycles. The van der Waals surface area contributed by atoms with Crippen molar-refractivity contribution in [1.82, 2.24) is 14.8 Å². The molecule has 8 nitrogen and oxygen atoms in total. The van der Waals surface area contributed by atoms with E-state index in [2.05, 4.69) is 5.32 Å². The molecule has 2 aliphatic rings. The molecule has 2 aliphatic heterocycles. The molecule has 2 aromatic rings. The zero-order valence-electron chi connectivity index (χ0n) is 16.6. The first-order valence-corrected chi connectivity index (χ1v) is 9.88. The predicted octanol–water partition coefficient (Wildman–Crippen LogP) is 1.30. The summed E-state index contributed by atoms with van der Waals surface area (Å²) in [6.07, 6.45) is 1.27. The van der Waals surface area contributed by atoms with Crippen LogP contribution in [0, 0.1) is 11.6 Å². The predicted molar refractivity (Wildman–Crippen MR) is 105 cm³/mol. The number of hydrogen-bond donors (Lipinski definition) is 3. The first kappa shape index (κ1) is 21.0. The lowest BCUT2D eigenvalue weighted by molar-refractivity contribution is 0.0503. The third kappa shape index (κ3) is 3.56. The quantitative estimate of drug-likeness (QED) is 0.676. The maximum atomic E-state index is 13.8. The number of pyridine rings is 1. The topological polar surface area (TPSA) is 112 Å².